The lowest BCUT2D eigenvalue weighted by Gasteiger charge is -2.06. The van der Waals surface area contributed by atoms with Crippen molar-refractivity contribution >= 4 is 11.6 Å². The third-order valence-corrected chi connectivity index (χ3v) is 3.06. The van der Waals surface area contributed by atoms with Gasteiger partial charge in [-0.25, -0.2) is 4.98 Å². The van der Waals surface area contributed by atoms with Crippen LogP contribution in [0.4, 0.5) is 0 Å². The molecule has 0 radical (unpaired) electrons. The van der Waals surface area contributed by atoms with Crippen molar-refractivity contribution in [1.29, 1.82) is 0 Å². The molecule has 0 N–H and O–H groups in total. The van der Waals surface area contributed by atoms with Crippen molar-refractivity contribution < 1.29 is 0 Å². The Hall–Kier alpha value is -2.07. The van der Waals surface area contributed by atoms with Gasteiger partial charge < -0.3 is 4.57 Å². The minimum atomic E-state index is 0.521. The summed E-state index contributed by atoms with van der Waals surface area (Å²) < 4.78 is 3.88. The zero-order chi connectivity index (χ0) is 13.1. The maximum atomic E-state index is 5.81. The van der Waals surface area contributed by atoms with Crippen LogP contribution < -0.4 is 0 Å². The molecule has 1 aromatic carbocycles. The molecule has 0 saturated carbocycles. The molecule has 0 aliphatic rings. The number of imidazole rings is 1. The molecule has 4 nitrogen and oxygen atoms in total. The molecule has 0 aliphatic carbocycles. The lowest BCUT2D eigenvalue weighted by Crippen LogP contribution is -2.02. The van der Waals surface area contributed by atoms with E-state index in [-0.39, 0.29) is 0 Å². The highest BCUT2D eigenvalue weighted by Gasteiger charge is 2.00. The normalized spacial score (nSPS) is 10.8. The Morgan fingerprint density at radius 3 is 2.63 bits per heavy atom. The molecule has 5 heteroatoms. The van der Waals surface area contributed by atoms with E-state index in [2.05, 4.69) is 34.3 Å². The van der Waals surface area contributed by atoms with Gasteiger partial charge in [0.05, 0.1) is 12.9 Å². The molecular formula is C14H13ClN4. The summed E-state index contributed by atoms with van der Waals surface area (Å²) in [6, 6.07) is 10.4. The summed E-state index contributed by atoms with van der Waals surface area (Å²) in [4.78, 5) is 4.01. The SMILES string of the molecule is Clc1cn(Cc2cccc(Cn3cccn3)c2)cn1. The second-order valence-electron chi connectivity index (χ2n) is 4.39. The lowest BCUT2D eigenvalue weighted by molar-refractivity contribution is 0.685. The van der Waals surface area contributed by atoms with Gasteiger partial charge in [-0.05, 0) is 17.2 Å². The average molecular weight is 273 g/mol. The Labute approximate surface area is 116 Å². The van der Waals surface area contributed by atoms with Crippen LogP contribution in [0.2, 0.25) is 5.15 Å². The van der Waals surface area contributed by atoms with E-state index in [1.165, 1.54) is 11.1 Å². The van der Waals surface area contributed by atoms with Crippen LogP contribution in [0.15, 0.2) is 55.2 Å². The Balaban J connectivity index is 1.76. The first-order chi connectivity index (χ1) is 9.29. The van der Waals surface area contributed by atoms with E-state index in [4.69, 9.17) is 11.6 Å². The fourth-order valence-electron chi connectivity index (χ4n) is 2.04. The van der Waals surface area contributed by atoms with Gasteiger partial charge in [0.2, 0.25) is 0 Å². The van der Waals surface area contributed by atoms with Gasteiger partial charge in [0, 0.05) is 25.1 Å². The minimum absolute atomic E-state index is 0.521. The first kappa shape index (κ1) is 12.0. The largest absolute Gasteiger partial charge is 0.331 e. The van der Waals surface area contributed by atoms with Gasteiger partial charge in [-0.3, -0.25) is 4.68 Å². The summed E-state index contributed by atoms with van der Waals surface area (Å²) in [7, 11) is 0. The molecule has 19 heavy (non-hydrogen) atoms. The fourth-order valence-corrected chi connectivity index (χ4v) is 2.21. The minimum Gasteiger partial charge on any atom is -0.331 e. The Kier molecular flexibility index (Phi) is 3.33. The molecule has 0 amide bonds. The van der Waals surface area contributed by atoms with E-state index < -0.39 is 0 Å². The van der Waals surface area contributed by atoms with Crippen LogP contribution in [-0.2, 0) is 13.1 Å². The van der Waals surface area contributed by atoms with Crippen LogP contribution in [0.3, 0.4) is 0 Å². The van der Waals surface area contributed by atoms with Crippen LogP contribution in [-0.4, -0.2) is 19.3 Å². The molecule has 0 fully saturated rings. The van der Waals surface area contributed by atoms with Gasteiger partial charge in [-0.2, -0.15) is 5.10 Å². The van der Waals surface area contributed by atoms with E-state index in [1.54, 1.807) is 12.5 Å². The Morgan fingerprint density at radius 2 is 1.95 bits per heavy atom. The first-order valence-electron chi connectivity index (χ1n) is 6.02. The van der Waals surface area contributed by atoms with Crippen molar-refractivity contribution in [1.82, 2.24) is 19.3 Å². The molecule has 2 aromatic heterocycles. The van der Waals surface area contributed by atoms with Gasteiger partial charge >= 0.3 is 0 Å². The van der Waals surface area contributed by atoms with E-state index in [1.807, 2.05) is 27.7 Å². The predicted molar refractivity (Wildman–Crippen MR) is 74.1 cm³/mol. The highest BCUT2D eigenvalue weighted by molar-refractivity contribution is 6.29. The number of halogens is 1. The van der Waals surface area contributed by atoms with Crippen molar-refractivity contribution in [3.05, 3.63) is 71.5 Å². The quantitative estimate of drug-likeness (QED) is 0.732. The second-order valence-corrected chi connectivity index (χ2v) is 4.78. The number of aromatic nitrogens is 4. The van der Waals surface area contributed by atoms with Gasteiger partial charge in [0.1, 0.15) is 5.15 Å². The Morgan fingerprint density at radius 1 is 1.11 bits per heavy atom. The lowest BCUT2D eigenvalue weighted by atomic mass is 10.1. The van der Waals surface area contributed by atoms with E-state index in [0.29, 0.717) is 5.15 Å². The molecule has 0 atom stereocenters. The van der Waals surface area contributed by atoms with E-state index in [0.717, 1.165) is 13.1 Å². The molecule has 0 spiro atoms. The number of hydrogen-bond donors (Lipinski definition) is 0. The second kappa shape index (κ2) is 5.28. The van der Waals surface area contributed by atoms with E-state index in [9.17, 15) is 0 Å². The number of nitrogens with zero attached hydrogens (tertiary/aromatic N) is 4. The summed E-state index contributed by atoms with van der Waals surface area (Å²) in [5.41, 5.74) is 2.45. The summed E-state index contributed by atoms with van der Waals surface area (Å²) in [6.45, 7) is 1.55. The van der Waals surface area contributed by atoms with Crippen LogP contribution >= 0.6 is 11.6 Å². The monoisotopic (exact) mass is 272 g/mol. The molecule has 3 aromatic rings. The molecule has 96 valence electrons. The molecule has 0 aliphatic heterocycles. The smallest absolute Gasteiger partial charge is 0.146 e. The summed E-state index contributed by atoms with van der Waals surface area (Å²) in [6.07, 6.45) is 7.31. The molecule has 3 rings (SSSR count). The third kappa shape index (κ3) is 3.03. The van der Waals surface area contributed by atoms with Crippen molar-refractivity contribution in [2.45, 2.75) is 13.1 Å². The average Bonchev–Trinajstić information content (AvgIpc) is 3.02. The standard InChI is InChI=1S/C14H13ClN4/c15-14-10-18(11-16-14)8-12-3-1-4-13(7-12)9-19-6-2-5-17-19/h1-7,10-11H,8-9H2. The number of hydrogen-bond acceptors (Lipinski definition) is 2. The third-order valence-electron chi connectivity index (χ3n) is 2.86. The summed E-state index contributed by atoms with van der Waals surface area (Å²) in [5.74, 6) is 0. The van der Waals surface area contributed by atoms with Gasteiger partial charge in [0.15, 0.2) is 0 Å². The molecule has 0 bridgehead atoms. The topological polar surface area (TPSA) is 35.6 Å². The predicted octanol–water partition coefficient (Wildman–Crippen LogP) is 2.83. The van der Waals surface area contributed by atoms with Gasteiger partial charge in [-0.15, -0.1) is 0 Å². The van der Waals surface area contributed by atoms with E-state index >= 15 is 0 Å². The van der Waals surface area contributed by atoms with Gasteiger partial charge in [0.25, 0.3) is 0 Å². The summed E-state index contributed by atoms with van der Waals surface area (Å²) >= 11 is 5.81. The van der Waals surface area contributed by atoms with Crippen LogP contribution in [0.25, 0.3) is 0 Å². The fraction of sp³-hybridized carbons (Fsp3) is 0.143. The first-order valence-corrected chi connectivity index (χ1v) is 6.40. The molecular weight excluding hydrogens is 260 g/mol. The number of benzene rings is 1. The molecule has 0 saturated heterocycles. The zero-order valence-electron chi connectivity index (χ0n) is 10.3. The molecule has 0 unspecified atom stereocenters. The van der Waals surface area contributed by atoms with Gasteiger partial charge in [-0.1, -0.05) is 35.9 Å². The number of rotatable bonds is 4. The van der Waals surface area contributed by atoms with Crippen molar-refractivity contribution in [2.24, 2.45) is 0 Å². The van der Waals surface area contributed by atoms with Crippen LogP contribution in [0.1, 0.15) is 11.1 Å². The van der Waals surface area contributed by atoms with Crippen molar-refractivity contribution in [2.75, 3.05) is 0 Å². The zero-order valence-corrected chi connectivity index (χ0v) is 11.0. The molecule has 2 heterocycles. The highest BCUT2D eigenvalue weighted by atomic mass is 35.5. The van der Waals surface area contributed by atoms with Crippen LogP contribution in [0, 0.1) is 0 Å². The van der Waals surface area contributed by atoms with Crippen LogP contribution in [0.5, 0.6) is 0 Å². The Bertz CT molecular complexity index is 658. The maximum absolute atomic E-state index is 5.81. The van der Waals surface area contributed by atoms with Crippen molar-refractivity contribution in [3.63, 3.8) is 0 Å². The van der Waals surface area contributed by atoms with Crippen molar-refractivity contribution in [3.8, 4) is 0 Å². The maximum Gasteiger partial charge on any atom is 0.146 e. The highest BCUT2D eigenvalue weighted by Crippen LogP contribution is 2.10. The summed E-state index contributed by atoms with van der Waals surface area (Å²) in [5, 5.41) is 4.73.